The van der Waals surface area contributed by atoms with Gasteiger partial charge in [0.15, 0.2) is 0 Å². The maximum absolute atomic E-state index is 10.7. The van der Waals surface area contributed by atoms with Crippen LogP contribution in [0.3, 0.4) is 0 Å². The summed E-state index contributed by atoms with van der Waals surface area (Å²) in [7, 11) is 0. The number of fused-ring (bicyclic) bond motifs is 1. The second-order valence-corrected chi connectivity index (χ2v) is 13.5. The maximum Gasteiger partial charge on any atom is 0.0964 e. The predicted molar refractivity (Wildman–Crippen MR) is 143 cm³/mol. The average molecular weight is 485 g/mol. The molecule has 4 rings (SSSR count). The summed E-state index contributed by atoms with van der Waals surface area (Å²) in [6.45, 7) is 16.4. The second-order valence-electron chi connectivity index (χ2n) is 12.7. The van der Waals surface area contributed by atoms with Crippen LogP contribution in [0.4, 0.5) is 0 Å². The number of aromatic nitrogens is 1. The summed E-state index contributed by atoms with van der Waals surface area (Å²) in [6, 6.07) is 7.04. The molecule has 0 amide bonds. The van der Waals surface area contributed by atoms with Gasteiger partial charge < -0.3 is 15.1 Å². The van der Waals surface area contributed by atoms with E-state index in [9.17, 15) is 10.2 Å². The van der Waals surface area contributed by atoms with Gasteiger partial charge in [0.05, 0.1) is 16.8 Å². The van der Waals surface area contributed by atoms with Crippen molar-refractivity contribution in [3.05, 3.63) is 39.7 Å². The van der Waals surface area contributed by atoms with E-state index in [0.29, 0.717) is 18.9 Å². The van der Waals surface area contributed by atoms with Crippen LogP contribution in [0.25, 0.3) is 11.3 Å². The van der Waals surface area contributed by atoms with E-state index in [1.807, 2.05) is 25.2 Å². The van der Waals surface area contributed by atoms with E-state index < -0.39 is 6.10 Å². The van der Waals surface area contributed by atoms with Gasteiger partial charge in [0.25, 0.3) is 0 Å². The first-order valence-electron chi connectivity index (χ1n) is 13.0. The van der Waals surface area contributed by atoms with Gasteiger partial charge in [-0.3, -0.25) is 0 Å². The number of hydrogen-bond donors (Lipinski definition) is 2. The molecule has 0 bridgehead atoms. The molecule has 0 radical (unpaired) electrons. The zero-order valence-electron chi connectivity index (χ0n) is 22.0. The van der Waals surface area contributed by atoms with Gasteiger partial charge in [0.1, 0.15) is 0 Å². The number of aliphatic hydroxyl groups excluding tert-OH is 2. The molecule has 1 aromatic carbocycles. The minimum absolute atomic E-state index is 0.123. The summed E-state index contributed by atoms with van der Waals surface area (Å²) in [5, 5.41) is 23.4. The zero-order valence-corrected chi connectivity index (χ0v) is 22.8. The zero-order chi connectivity index (χ0) is 24.7. The number of hydrogen-bond acceptors (Lipinski definition) is 5. The first-order chi connectivity index (χ1) is 15.9. The van der Waals surface area contributed by atoms with Crippen molar-refractivity contribution in [2.24, 2.45) is 5.41 Å². The van der Waals surface area contributed by atoms with Gasteiger partial charge in [-0.25, -0.2) is 4.98 Å². The van der Waals surface area contributed by atoms with Crippen molar-refractivity contribution in [3.8, 4) is 11.3 Å². The summed E-state index contributed by atoms with van der Waals surface area (Å²) in [4.78, 5) is 7.49. The lowest BCUT2D eigenvalue weighted by Crippen LogP contribution is -2.44. The van der Waals surface area contributed by atoms with Crippen molar-refractivity contribution >= 4 is 11.3 Å². The molecule has 0 saturated carbocycles. The Morgan fingerprint density at radius 2 is 1.74 bits per heavy atom. The second kappa shape index (κ2) is 9.65. The lowest BCUT2D eigenvalue weighted by atomic mass is 9.63. The first kappa shape index (κ1) is 25.8. The van der Waals surface area contributed by atoms with Crippen molar-refractivity contribution in [1.29, 1.82) is 0 Å². The van der Waals surface area contributed by atoms with Crippen LogP contribution in [0.5, 0.6) is 0 Å². The van der Waals surface area contributed by atoms with Gasteiger partial charge >= 0.3 is 0 Å². The van der Waals surface area contributed by atoms with E-state index in [4.69, 9.17) is 4.98 Å². The summed E-state index contributed by atoms with van der Waals surface area (Å²) in [5.74, 6) is 0.505. The molecule has 2 aromatic rings. The minimum Gasteiger partial charge on any atom is -0.396 e. The van der Waals surface area contributed by atoms with Crippen LogP contribution >= 0.6 is 11.3 Å². The van der Waals surface area contributed by atoms with E-state index in [-0.39, 0.29) is 22.9 Å². The molecule has 1 aliphatic heterocycles. The van der Waals surface area contributed by atoms with Gasteiger partial charge in [0.2, 0.25) is 0 Å². The first-order valence-corrected chi connectivity index (χ1v) is 13.9. The van der Waals surface area contributed by atoms with Crippen molar-refractivity contribution in [3.63, 3.8) is 0 Å². The smallest absolute Gasteiger partial charge is 0.0964 e. The number of β-amino-alcohol motifs (C(OH)–C–C–N with tert-alkyl or cyclic N) is 1. The lowest BCUT2D eigenvalue weighted by Gasteiger charge is -2.42. The summed E-state index contributed by atoms with van der Waals surface area (Å²) < 4.78 is 0. The maximum atomic E-state index is 10.7. The van der Waals surface area contributed by atoms with Crippen LogP contribution < -0.4 is 0 Å². The summed E-state index contributed by atoms with van der Waals surface area (Å²) in [6.07, 6.45) is 4.85. The monoisotopic (exact) mass is 484 g/mol. The molecule has 2 aliphatic rings. The van der Waals surface area contributed by atoms with Gasteiger partial charge in [-0.1, -0.05) is 53.7 Å². The fourth-order valence-electron chi connectivity index (χ4n) is 5.66. The SMILES string of the molecule is CC1(C)CCC(C)(C)c2cc(-c3csc(C4CCN(CC(O)C(C)(C)CCO)CC4)n3)ccc21. The van der Waals surface area contributed by atoms with Crippen molar-refractivity contribution in [2.45, 2.75) is 96.5 Å². The highest BCUT2D eigenvalue weighted by atomic mass is 32.1. The van der Waals surface area contributed by atoms with Gasteiger partial charge in [-0.15, -0.1) is 11.3 Å². The van der Waals surface area contributed by atoms with E-state index in [1.54, 1.807) is 0 Å². The van der Waals surface area contributed by atoms with E-state index >= 15 is 0 Å². The Bertz CT molecular complexity index is 986. The lowest BCUT2D eigenvalue weighted by molar-refractivity contribution is 0.0000724. The van der Waals surface area contributed by atoms with E-state index in [2.05, 4.69) is 56.2 Å². The third-order valence-corrected chi connectivity index (χ3v) is 9.70. The quantitative estimate of drug-likeness (QED) is 0.498. The molecule has 2 N–H and O–H groups in total. The molecule has 1 atom stereocenters. The van der Waals surface area contributed by atoms with Crippen LogP contribution in [0.2, 0.25) is 0 Å². The average Bonchev–Trinajstić information content (AvgIpc) is 3.27. The van der Waals surface area contributed by atoms with Crippen LogP contribution in [0.1, 0.15) is 95.7 Å². The molecule has 5 heteroatoms. The molecule has 1 unspecified atom stereocenters. The van der Waals surface area contributed by atoms with Gasteiger partial charge in [-0.05, 0) is 78.6 Å². The Balaban J connectivity index is 1.42. The van der Waals surface area contributed by atoms with E-state index in [0.717, 1.165) is 31.6 Å². The topological polar surface area (TPSA) is 56.6 Å². The fraction of sp³-hybridized carbons (Fsp3) is 0.690. The molecule has 1 aliphatic carbocycles. The van der Waals surface area contributed by atoms with Gasteiger partial charge in [-0.2, -0.15) is 0 Å². The normalized spacial score (nSPS) is 21.9. The third-order valence-electron chi connectivity index (χ3n) is 8.70. The van der Waals surface area contributed by atoms with Crippen LogP contribution in [-0.2, 0) is 10.8 Å². The minimum atomic E-state index is -0.416. The molecule has 2 heterocycles. The fourth-order valence-corrected chi connectivity index (χ4v) is 6.67. The standard InChI is InChI=1S/C29H44N2O2S/c1-27(2)11-12-28(3,4)23-17-21(7-8-22(23)27)24-19-34-26(30-24)20-9-14-31(15-10-20)18-25(33)29(5,6)13-16-32/h7-8,17,19-20,25,32-33H,9-16,18H2,1-6H3. The van der Waals surface area contributed by atoms with Crippen LogP contribution in [0.15, 0.2) is 23.6 Å². The van der Waals surface area contributed by atoms with Gasteiger partial charge in [0, 0.05) is 30.0 Å². The summed E-state index contributed by atoms with van der Waals surface area (Å²) >= 11 is 1.81. The molecule has 34 heavy (non-hydrogen) atoms. The van der Waals surface area contributed by atoms with Crippen LogP contribution in [-0.4, -0.2) is 52.4 Å². The molecule has 1 fully saturated rings. The molecular weight excluding hydrogens is 440 g/mol. The Hall–Kier alpha value is -1.27. The highest BCUT2D eigenvalue weighted by Crippen LogP contribution is 2.47. The Labute approximate surface area is 210 Å². The Morgan fingerprint density at radius 3 is 2.38 bits per heavy atom. The molecule has 0 spiro atoms. The predicted octanol–water partition coefficient (Wildman–Crippen LogP) is 6.11. The molecular formula is C29H44N2O2S. The highest BCUT2D eigenvalue weighted by molar-refractivity contribution is 7.10. The van der Waals surface area contributed by atoms with E-state index in [1.165, 1.54) is 34.5 Å². The summed E-state index contributed by atoms with van der Waals surface area (Å²) in [5.41, 5.74) is 5.55. The Morgan fingerprint density at radius 1 is 1.09 bits per heavy atom. The molecule has 188 valence electrons. The van der Waals surface area contributed by atoms with Crippen molar-refractivity contribution in [2.75, 3.05) is 26.2 Å². The Kier molecular flexibility index (Phi) is 7.32. The number of rotatable bonds is 7. The van der Waals surface area contributed by atoms with Crippen molar-refractivity contribution < 1.29 is 10.2 Å². The number of piperidine rings is 1. The molecule has 4 nitrogen and oxygen atoms in total. The highest BCUT2D eigenvalue weighted by Gasteiger charge is 2.37. The van der Waals surface area contributed by atoms with Crippen LogP contribution in [0, 0.1) is 5.41 Å². The molecule has 1 saturated heterocycles. The number of likely N-dealkylation sites (tertiary alicyclic amines) is 1. The number of nitrogens with zero attached hydrogens (tertiary/aromatic N) is 2. The molecule has 1 aromatic heterocycles. The largest absolute Gasteiger partial charge is 0.396 e. The number of benzene rings is 1. The number of aliphatic hydroxyl groups is 2. The third kappa shape index (κ3) is 5.28. The van der Waals surface area contributed by atoms with Crippen molar-refractivity contribution in [1.82, 2.24) is 9.88 Å². The number of thiazole rings is 1.